The highest BCUT2D eigenvalue weighted by atomic mass is 79.9. The van der Waals surface area contributed by atoms with E-state index in [4.69, 9.17) is 25.7 Å². The molecule has 210 valence electrons. The molecule has 9 nitrogen and oxygen atoms in total. The smallest absolute Gasteiger partial charge is 0.323 e. The molecule has 0 amide bonds. The number of aliphatic hydroxyl groups excluding tert-OH is 1. The molecular weight excluding hydrogens is 614 g/mol. The lowest BCUT2D eigenvalue weighted by atomic mass is 10.0. The minimum absolute atomic E-state index is 0.0766. The van der Waals surface area contributed by atoms with Gasteiger partial charge in [0, 0.05) is 33.8 Å². The van der Waals surface area contributed by atoms with Crippen LogP contribution in [0.2, 0.25) is 5.02 Å². The Labute approximate surface area is 248 Å². The van der Waals surface area contributed by atoms with E-state index in [1.54, 1.807) is 18.2 Å². The Balaban J connectivity index is 1.40. The fraction of sp³-hybridized carbons (Fsp3) is 0.167. The van der Waals surface area contributed by atoms with Gasteiger partial charge in [-0.3, -0.25) is 10.1 Å². The van der Waals surface area contributed by atoms with Crippen molar-refractivity contribution in [3.8, 4) is 22.6 Å². The summed E-state index contributed by atoms with van der Waals surface area (Å²) in [4.78, 5) is 11.4. The lowest BCUT2D eigenvalue weighted by molar-refractivity contribution is -0.140. The summed E-state index contributed by atoms with van der Waals surface area (Å²) in [5.74, 6) is -0.361. The van der Waals surface area contributed by atoms with Crippen LogP contribution in [0.3, 0.4) is 0 Å². The van der Waals surface area contributed by atoms with Gasteiger partial charge in [-0.05, 0) is 49.5 Å². The number of aliphatic carboxylic acids is 1. The van der Waals surface area contributed by atoms with Gasteiger partial charge in [-0.15, -0.1) is 0 Å². The van der Waals surface area contributed by atoms with E-state index in [9.17, 15) is 15.0 Å². The van der Waals surface area contributed by atoms with Crippen molar-refractivity contribution in [2.45, 2.75) is 25.8 Å². The minimum Gasteiger partial charge on any atom is -0.488 e. The Morgan fingerprint density at radius 3 is 2.44 bits per heavy atom. The zero-order chi connectivity index (χ0) is 28.8. The number of hydrogen-bond donors (Lipinski definition) is 3. The summed E-state index contributed by atoms with van der Waals surface area (Å²) in [6.45, 7) is -0.133. The molecule has 0 fully saturated rings. The van der Waals surface area contributed by atoms with E-state index in [2.05, 4.69) is 31.6 Å². The molecule has 0 radical (unpaired) electrons. The van der Waals surface area contributed by atoms with Crippen LogP contribution >= 0.6 is 27.5 Å². The van der Waals surface area contributed by atoms with Crippen molar-refractivity contribution in [3.63, 3.8) is 0 Å². The van der Waals surface area contributed by atoms with Gasteiger partial charge in [0.25, 0.3) is 0 Å². The number of carboxylic acids is 1. The SMILES string of the molecule is O=C(O)C(CO)NCc1cc(Cl)c(OCc2cccc(-c3ccccc3)c2Br)cc1OCc1cccc2nonc12. The molecule has 0 saturated heterocycles. The molecule has 5 rings (SSSR count). The van der Waals surface area contributed by atoms with Crippen molar-refractivity contribution in [2.75, 3.05) is 6.61 Å². The van der Waals surface area contributed by atoms with Crippen molar-refractivity contribution < 1.29 is 29.1 Å². The van der Waals surface area contributed by atoms with Crippen LogP contribution in [0, 0.1) is 0 Å². The van der Waals surface area contributed by atoms with Gasteiger partial charge in [0.05, 0.1) is 11.6 Å². The molecule has 5 aromatic rings. The first-order valence-corrected chi connectivity index (χ1v) is 13.8. The molecule has 1 unspecified atom stereocenters. The number of benzene rings is 4. The number of carbonyl (C=O) groups is 1. The topological polar surface area (TPSA) is 127 Å². The Bertz CT molecular complexity index is 1660. The fourth-order valence-corrected chi connectivity index (χ4v) is 5.09. The monoisotopic (exact) mass is 637 g/mol. The molecule has 1 heterocycles. The maximum absolute atomic E-state index is 11.4. The van der Waals surface area contributed by atoms with Crippen LogP contribution < -0.4 is 14.8 Å². The van der Waals surface area contributed by atoms with Crippen LogP contribution in [0.15, 0.2) is 88.0 Å². The molecule has 41 heavy (non-hydrogen) atoms. The highest BCUT2D eigenvalue weighted by molar-refractivity contribution is 9.10. The Kier molecular flexibility index (Phi) is 9.15. The zero-order valence-corrected chi connectivity index (χ0v) is 23.9. The van der Waals surface area contributed by atoms with Gasteiger partial charge in [-0.25, -0.2) is 4.63 Å². The second kappa shape index (κ2) is 13.1. The maximum Gasteiger partial charge on any atom is 0.323 e. The number of carboxylic acid groups (broad SMARTS) is 1. The number of aliphatic hydroxyl groups is 1. The highest BCUT2D eigenvalue weighted by Crippen LogP contribution is 2.36. The Morgan fingerprint density at radius 1 is 0.927 bits per heavy atom. The number of aromatic nitrogens is 2. The lowest BCUT2D eigenvalue weighted by Gasteiger charge is -2.18. The molecular formula is C30H25BrClN3O6. The average molecular weight is 639 g/mol. The quantitative estimate of drug-likeness (QED) is 0.151. The predicted molar refractivity (Wildman–Crippen MR) is 157 cm³/mol. The molecule has 0 spiro atoms. The van der Waals surface area contributed by atoms with Crippen molar-refractivity contribution >= 4 is 44.5 Å². The van der Waals surface area contributed by atoms with Gasteiger partial charge in [-0.1, -0.05) is 72.3 Å². The van der Waals surface area contributed by atoms with Crippen molar-refractivity contribution in [1.82, 2.24) is 15.6 Å². The minimum atomic E-state index is -1.17. The van der Waals surface area contributed by atoms with E-state index in [0.29, 0.717) is 33.1 Å². The first-order valence-electron chi connectivity index (χ1n) is 12.6. The summed E-state index contributed by atoms with van der Waals surface area (Å²) in [6, 6.07) is 23.6. The molecule has 3 N–H and O–H groups in total. The molecule has 0 aliphatic carbocycles. The van der Waals surface area contributed by atoms with Gasteiger partial charge in [0.2, 0.25) is 0 Å². The van der Waals surface area contributed by atoms with Crippen molar-refractivity contribution in [3.05, 3.63) is 105 Å². The summed E-state index contributed by atoms with van der Waals surface area (Å²) < 4.78 is 18.1. The van der Waals surface area contributed by atoms with Crippen molar-refractivity contribution in [2.24, 2.45) is 0 Å². The number of nitrogens with one attached hydrogen (secondary N) is 1. The third-order valence-corrected chi connectivity index (χ3v) is 7.67. The first kappa shape index (κ1) is 28.6. The van der Waals surface area contributed by atoms with E-state index < -0.39 is 18.6 Å². The number of rotatable bonds is 12. The van der Waals surface area contributed by atoms with Gasteiger partial charge in [-0.2, -0.15) is 0 Å². The summed E-state index contributed by atoms with van der Waals surface area (Å²) in [7, 11) is 0. The van der Waals surface area contributed by atoms with E-state index in [1.807, 2.05) is 60.7 Å². The van der Waals surface area contributed by atoms with E-state index in [0.717, 1.165) is 26.7 Å². The number of fused-ring (bicyclic) bond motifs is 1. The number of ether oxygens (including phenoxy) is 2. The summed E-state index contributed by atoms with van der Waals surface area (Å²) in [6.07, 6.45) is 0. The molecule has 0 aliphatic rings. The van der Waals surface area contributed by atoms with E-state index >= 15 is 0 Å². The molecule has 0 bridgehead atoms. The first-order chi connectivity index (χ1) is 19.9. The van der Waals surface area contributed by atoms with Gasteiger partial charge in [0.1, 0.15) is 41.8 Å². The Morgan fingerprint density at radius 2 is 1.66 bits per heavy atom. The van der Waals surface area contributed by atoms with Gasteiger partial charge < -0.3 is 19.7 Å². The average Bonchev–Trinajstić information content (AvgIpc) is 3.47. The molecule has 1 atom stereocenters. The van der Waals surface area contributed by atoms with E-state index in [-0.39, 0.29) is 19.8 Å². The standard InChI is InChI=1S/C30H25BrClN3O6/c31-28-19(8-4-10-22(28)18-6-2-1-3-7-18)16-40-27-13-26(21(12-23(27)32)14-33-25(15-36)30(37)38)39-17-20-9-5-11-24-29(20)35-41-34-24/h1-13,25,33,36H,14-17H2,(H,37,38). The van der Waals surface area contributed by atoms with Crippen LogP contribution in [0.5, 0.6) is 11.5 Å². The third-order valence-electron chi connectivity index (χ3n) is 6.43. The molecule has 0 saturated carbocycles. The van der Waals surface area contributed by atoms with Crippen LogP contribution in [-0.4, -0.2) is 39.1 Å². The van der Waals surface area contributed by atoms with Gasteiger partial charge in [0.15, 0.2) is 0 Å². The van der Waals surface area contributed by atoms with Crippen LogP contribution in [0.4, 0.5) is 0 Å². The predicted octanol–water partition coefficient (Wildman–Crippen LogP) is 6.00. The van der Waals surface area contributed by atoms with Crippen LogP contribution in [0.25, 0.3) is 22.2 Å². The summed E-state index contributed by atoms with van der Waals surface area (Å²) in [5, 5.41) is 29.7. The number of hydrogen-bond acceptors (Lipinski definition) is 8. The molecule has 11 heteroatoms. The van der Waals surface area contributed by atoms with Crippen LogP contribution in [0.1, 0.15) is 16.7 Å². The van der Waals surface area contributed by atoms with Crippen molar-refractivity contribution in [1.29, 1.82) is 0 Å². The zero-order valence-electron chi connectivity index (χ0n) is 21.6. The highest BCUT2D eigenvalue weighted by Gasteiger charge is 2.19. The lowest BCUT2D eigenvalue weighted by Crippen LogP contribution is -2.39. The number of nitrogens with zero attached hydrogens (tertiary/aromatic N) is 2. The second-order valence-electron chi connectivity index (χ2n) is 9.12. The Hall–Kier alpha value is -3.96. The largest absolute Gasteiger partial charge is 0.488 e. The van der Waals surface area contributed by atoms with Crippen LogP contribution in [-0.2, 0) is 24.6 Å². The normalized spacial score (nSPS) is 11.9. The third kappa shape index (κ3) is 6.68. The molecule has 0 aliphatic heterocycles. The molecule has 4 aromatic carbocycles. The second-order valence-corrected chi connectivity index (χ2v) is 10.3. The summed E-state index contributed by atoms with van der Waals surface area (Å²) >= 11 is 10.3. The summed E-state index contributed by atoms with van der Waals surface area (Å²) in [5.41, 5.74) is 5.55. The van der Waals surface area contributed by atoms with E-state index in [1.165, 1.54) is 0 Å². The number of halogens is 2. The molecule has 1 aromatic heterocycles. The fourth-order valence-electron chi connectivity index (χ4n) is 4.24. The van der Waals surface area contributed by atoms with Gasteiger partial charge >= 0.3 is 5.97 Å². The maximum atomic E-state index is 11.4.